The molecule has 1 heterocycles. The summed E-state index contributed by atoms with van der Waals surface area (Å²) in [7, 11) is 0. The lowest BCUT2D eigenvalue weighted by atomic mass is 10.2. The predicted octanol–water partition coefficient (Wildman–Crippen LogP) is 1.88. The average Bonchev–Trinajstić information content (AvgIpc) is 2.82. The second-order valence-corrected chi connectivity index (χ2v) is 3.90. The molecule has 2 aromatic rings. The third-order valence-corrected chi connectivity index (χ3v) is 2.45. The number of rotatable bonds is 3. The standard InChI is InChI=1S/C11H11ClN4O2/c1-2-18-11(17)10-14-9(15-16-10)7-5-6(12)3-4-8(7)13/h3-5H,2,13H2,1H3,(H,14,15,16). The Morgan fingerprint density at radius 1 is 1.56 bits per heavy atom. The molecular formula is C11H11ClN4O2. The summed E-state index contributed by atoms with van der Waals surface area (Å²) in [6, 6.07) is 4.95. The number of carbonyl (C=O) groups is 1. The van der Waals surface area contributed by atoms with Crippen molar-refractivity contribution in [3.05, 3.63) is 29.0 Å². The summed E-state index contributed by atoms with van der Waals surface area (Å²) in [5.41, 5.74) is 6.84. The molecule has 0 saturated carbocycles. The van der Waals surface area contributed by atoms with Gasteiger partial charge in [-0.15, -0.1) is 0 Å². The molecule has 0 bridgehead atoms. The van der Waals surface area contributed by atoms with Crippen molar-refractivity contribution in [3.8, 4) is 11.4 Å². The molecule has 0 fully saturated rings. The zero-order valence-corrected chi connectivity index (χ0v) is 10.4. The van der Waals surface area contributed by atoms with Crippen molar-refractivity contribution in [3.63, 3.8) is 0 Å². The Kier molecular flexibility index (Phi) is 3.47. The summed E-state index contributed by atoms with van der Waals surface area (Å²) < 4.78 is 4.80. The zero-order chi connectivity index (χ0) is 13.1. The van der Waals surface area contributed by atoms with E-state index in [0.717, 1.165) is 0 Å². The fourth-order valence-electron chi connectivity index (χ4n) is 1.40. The molecule has 3 N–H and O–H groups in total. The smallest absolute Gasteiger partial charge is 0.375 e. The second-order valence-electron chi connectivity index (χ2n) is 3.46. The number of nitrogen functional groups attached to an aromatic ring is 1. The molecule has 0 amide bonds. The minimum absolute atomic E-state index is 0.0335. The number of H-pyrrole nitrogens is 1. The Morgan fingerprint density at radius 2 is 2.33 bits per heavy atom. The molecule has 1 aromatic carbocycles. The first-order chi connectivity index (χ1) is 8.61. The van der Waals surface area contributed by atoms with E-state index in [1.807, 2.05) is 0 Å². The van der Waals surface area contributed by atoms with Crippen LogP contribution in [0.5, 0.6) is 0 Å². The van der Waals surface area contributed by atoms with Crippen molar-refractivity contribution in [1.82, 2.24) is 15.2 Å². The topological polar surface area (TPSA) is 93.9 Å². The highest BCUT2D eigenvalue weighted by Crippen LogP contribution is 2.26. The van der Waals surface area contributed by atoms with Crippen molar-refractivity contribution in [2.75, 3.05) is 12.3 Å². The SMILES string of the molecule is CCOC(=O)c1nc(-c2cc(Cl)ccc2N)n[nH]1. The summed E-state index contributed by atoms with van der Waals surface area (Å²) >= 11 is 5.87. The maximum atomic E-state index is 11.4. The summed E-state index contributed by atoms with van der Waals surface area (Å²) in [6.07, 6.45) is 0. The highest BCUT2D eigenvalue weighted by Gasteiger charge is 2.15. The molecule has 1 aromatic heterocycles. The molecule has 18 heavy (non-hydrogen) atoms. The zero-order valence-electron chi connectivity index (χ0n) is 9.61. The predicted molar refractivity (Wildman–Crippen MR) is 67.2 cm³/mol. The third kappa shape index (κ3) is 2.43. The van der Waals surface area contributed by atoms with Crippen LogP contribution in [0, 0.1) is 0 Å². The molecule has 0 atom stereocenters. The lowest BCUT2D eigenvalue weighted by Gasteiger charge is -2.01. The van der Waals surface area contributed by atoms with Gasteiger partial charge in [-0.05, 0) is 25.1 Å². The molecule has 0 aliphatic carbocycles. The number of nitrogens with one attached hydrogen (secondary N) is 1. The van der Waals surface area contributed by atoms with Gasteiger partial charge in [0.05, 0.1) is 6.61 Å². The van der Waals surface area contributed by atoms with E-state index in [1.165, 1.54) is 0 Å². The van der Waals surface area contributed by atoms with E-state index < -0.39 is 5.97 Å². The van der Waals surface area contributed by atoms with E-state index >= 15 is 0 Å². The van der Waals surface area contributed by atoms with E-state index in [4.69, 9.17) is 22.1 Å². The van der Waals surface area contributed by atoms with Crippen LogP contribution in [-0.2, 0) is 4.74 Å². The molecule has 0 aliphatic heterocycles. The Labute approximate surface area is 108 Å². The maximum Gasteiger partial charge on any atom is 0.375 e. The first-order valence-electron chi connectivity index (χ1n) is 5.26. The van der Waals surface area contributed by atoms with Crippen LogP contribution < -0.4 is 5.73 Å². The third-order valence-electron chi connectivity index (χ3n) is 2.21. The van der Waals surface area contributed by atoms with E-state index in [9.17, 15) is 4.79 Å². The average molecular weight is 267 g/mol. The number of ether oxygens (including phenoxy) is 1. The normalized spacial score (nSPS) is 10.3. The van der Waals surface area contributed by atoms with Crippen LogP contribution in [0.1, 0.15) is 17.5 Å². The number of nitrogens with two attached hydrogens (primary N) is 1. The van der Waals surface area contributed by atoms with Gasteiger partial charge in [0.15, 0.2) is 5.82 Å². The van der Waals surface area contributed by atoms with E-state index in [2.05, 4.69) is 15.2 Å². The first kappa shape index (κ1) is 12.4. The maximum absolute atomic E-state index is 11.4. The Bertz CT molecular complexity index is 582. The van der Waals surface area contributed by atoms with Gasteiger partial charge in [0, 0.05) is 16.3 Å². The number of aromatic amines is 1. The summed E-state index contributed by atoms with van der Waals surface area (Å²) in [5.74, 6) is -0.221. The molecule has 0 aliphatic rings. The number of halogens is 1. The number of anilines is 1. The fourth-order valence-corrected chi connectivity index (χ4v) is 1.57. The number of hydrogen-bond acceptors (Lipinski definition) is 5. The lowest BCUT2D eigenvalue weighted by molar-refractivity contribution is 0.0512. The Hall–Kier alpha value is -2.08. The number of nitrogens with zero attached hydrogens (tertiary/aromatic N) is 2. The highest BCUT2D eigenvalue weighted by molar-refractivity contribution is 6.31. The summed E-state index contributed by atoms with van der Waals surface area (Å²) in [5, 5.41) is 6.93. The molecule has 0 unspecified atom stereocenters. The monoisotopic (exact) mass is 266 g/mol. The van der Waals surface area contributed by atoms with Crippen molar-refractivity contribution >= 4 is 23.3 Å². The van der Waals surface area contributed by atoms with Gasteiger partial charge in [-0.3, -0.25) is 5.10 Å². The van der Waals surface area contributed by atoms with Crippen LogP contribution in [-0.4, -0.2) is 27.8 Å². The fraction of sp³-hybridized carbons (Fsp3) is 0.182. The minimum Gasteiger partial charge on any atom is -0.460 e. The van der Waals surface area contributed by atoms with Crippen molar-refractivity contribution in [2.45, 2.75) is 6.92 Å². The van der Waals surface area contributed by atoms with Crippen LogP contribution in [0.2, 0.25) is 5.02 Å². The molecule has 6 nitrogen and oxygen atoms in total. The molecular weight excluding hydrogens is 256 g/mol. The first-order valence-corrected chi connectivity index (χ1v) is 5.64. The molecule has 94 valence electrons. The van der Waals surface area contributed by atoms with Gasteiger partial charge in [-0.25, -0.2) is 9.78 Å². The lowest BCUT2D eigenvalue weighted by Crippen LogP contribution is -2.06. The number of carbonyl (C=O) groups excluding carboxylic acids is 1. The van der Waals surface area contributed by atoms with E-state index in [1.54, 1.807) is 25.1 Å². The number of benzene rings is 1. The van der Waals surface area contributed by atoms with Gasteiger partial charge in [-0.2, -0.15) is 5.10 Å². The van der Waals surface area contributed by atoms with Crippen LogP contribution in [0.15, 0.2) is 18.2 Å². The van der Waals surface area contributed by atoms with Crippen LogP contribution >= 0.6 is 11.6 Å². The van der Waals surface area contributed by atoms with Crippen molar-refractivity contribution < 1.29 is 9.53 Å². The van der Waals surface area contributed by atoms with Gasteiger partial charge >= 0.3 is 5.97 Å². The highest BCUT2D eigenvalue weighted by atomic mass is 35.5. The van der Waals surface area contributed by atoms with Gasteiger partial charge < -0.3 is 10.5 Å². The summed E-state index contributed by atoms with van der Waals surface area (Å²) in [4.78, 5) is 15.4. The molecule has 0 radical (unpaired) electrons. The van der Waals surface area contributed by atoms with Crippen molar-refractivity contribution in [2.24, 2.45) is 0 Å². The van der Waals surface area contributed by atoms with Gasteiger partial charge in [0.1, 0.15) is 0 Å². The van der Waals surface area contributed by atoms with E-state index in [0.29, 0.717) is 22.1 Å². The number of aromatic nitrogens is 3. The minimum atomic E-state index is -0.558. The number of esters is 1. The van der Waals surface area contributed by atoms with Gasteiger partial charge in [0.25, 0.3) is 0 Å². The van der Waals surface area contributed by atoms with Gasteiger partial charge in [-0.1, -0.05) is 11.6 Å². The summed E-state index contributed by atoms with van der Waals surface area (Å²) in [6.45, 7) is 1.98. The van der Waals surface area contributed by atoms with Crippen LogP contribution in [0.4, 0.5) is 5.69 Å². The largest absolute Gasteiger partial charge is 0.460 e. The molecule has 0 spiro atoms. The molecule has 2 rings (SSSR count). The number of hydrogen-bond donors (Lipinski definition) is 2. The second kappa shape index (κ2) is 5.05. The Morgan fingerprint density at radius 3 is 3.06 bits per heavy atom. The molecule has 7 heteroatoms. The van der Waals surface area contributed by atoms with Gasteiger partial charge in [0.2, 0.25) is 5.82 Å². The van der Waals surface area contributed by atoms with Crippen molar-refractivity contribution in [1.29, 1.82) is 0 Å². The van der Waals surface area contributed by atoms with E-state index in [-0.39, 0.29) is 12.4 Å². The quantitative estimate of drug-likeness (QED) is 0.653. The molecule has 0 saturated heterocycles. The van der Waals surface area contributed by atoms with Crippen LogP contribution in [0.25, 0.3) is 11.4 Å². The Balaban J connectivity index is 2.35. The van der Waals surface area contributed by atoms with Crippen LogP contribution in [0.3, 0.4) is 0 Å².